The summed E-state index contributed by atoms with van der Waals surface area (Å²) in [6.45, 7) is 6.15. The molecular weight excluding hydrogens is 236 g/mol. The number of amides is 1. The fourth-order valence-corrected chi connectivity index (χ4v) is 3.16. The van der Waals surface area contributed by atoms with E-state index in [4.69, 9.17) is 5.84 Å². The van der Waals surface area contributed by atoms with Crippen LogP contribution in [0.3, 0.4) is 0 Å². The van der Waals surface area contributed by atoms with E-state index < -0.39 is 0 Å². The van der Waals surface area contributed by atoms with Gasteiger partial charge in [-0.1, -0.05) is 18.3 Å². The van der Waals surface area contributed by atoms with Crippen molar-refractivity contribution in [3.63, 3.8) is 0 Å². The van der Waals surface area contributed by atoms with E-state index in [9.17, 15) is 4.79 Å². The SMILES string of the molecule is Cc1nc(N2CCCC(C)C2)sc1C(=O)NN. The molecule has 1 aliphatic rings. The van der Waals surface area contributed by atoms with Crippen LogP contribution < -0.4 is 16.2 Å². The van der Waals surface area contributed by atoms with Gasteiger partial charge in [0, 0.05) is 13.1 Å². The molecule has 0 saturated carbocycles. The van der Waals surface area contributed by atoms with Crippen molar-refractivity contribution in [3.05, 3.63) is 10.6 Å². The molecule has 1 aromatic heterocycles. The van der Waals surface area contributed by atoms with Gasteiger partial charge in [0.25, 0.3) is 5.91 Å². The van der Waals surface area contributed by atoms with E-state index in [2.05, 4.69) is 22.2 Å². The van der Waals surface area contributed by atoms with Gasteiger partial charge in [-0.3, -0.25) is 10.2 Å². The molecule has 0 aromatic carbocycles. The van der Waals surface area contributed by atoms with E-state index in [-0.39, 0.29) is 5.91 Å². The van der Waals surface area contributed by atoms with Crippen molar-refractivity contribution < 1.29 is 4.79 Å². The molecule has 2 rings (SSSR count). The van der Waals surface area contributed by atoms with Gasteiger partial charge in [0.2, 0.25) is 0 Å². The third kappa shape index (κ3) is 2.58. The summed E-state index contributed by atoms with van der Waals surface area (Å²) in [6.07, 6.45) is 2.47. The van der Waals surface area contributed by atoms with E-state index in [0.29, 0.717) is 10.8 Å². The van der Waals surface area contributed by atoms with E-state index in [1.807, 2.05) is 6.92 Å². The molecule has 6 heteroatoms. The minimum atomic E-state index is -0.253. The second kappa shape index (κ2) is 5.01. The summed E-state index contributed by atoms with van der Waals surface area (Å²) in [7, 11) is 0. The highest BCUT2D eigenvalue weighted by Gasteiger charge is 2.22. The average molecular weight is 254 g/mol. The zero-order chi connectivity index (χ0) is 12.4. The number of thiazole rings is 1. The molecule has 1 aromatic rings. The van der Waals surface area contributed by atoms with Crippen molar-refractivity contribution in [2.24, 2.45) is 11.8 Å². The molecule has 1 atom stereocenters. The van der Waals surface area contributed by atoms with Crippen molar-refractivity contribution in [3.8, 4) is 0 Å². The molecule has 1 aliphatic heterocycles. The molecule has 0 aliphatic carbocycles. The molecule has 2 heterocycles. The lowest BCUT2D eigenvalue weighted by Crippen LogP contribution is -2.34. The van der Waals surface area contributed by atoms with Gasteiger partial charge in [-0.25, -0.2) is 10.8 Å². The second-order valence-electron chi connectivity index (χ2n) is 4.58. The Morgan fingerprint density at radius 1 is 1.65 bits per heavy atom. The fourth-order valence-electron chi connectivity index (χ4n) is 2.16. The molecular formula is C11H18N4OS. The minimum Gasteiger partial charge on any atom is -0.348 e. The van der Waals surface area contributed by atoms with Gasteiger partial charge in [0.15, 0.2) is 5.13 Å². The lowest BCUT2D eigenvalue weighted by molar-refractivity contribution is 0.0957. The average Bonchev–Trinajstić information content (AvgIpc) is 2.70. The number of rotatable bonds is 2. The van der Waals surface area contributed by atoms with Crippen molar-refractivity contribution in [2.45, 2.75) is 26.7 Å². The third-order valence-corrected chi connectivity index (χ3v) is 4.27. The number of aryl methyl sites for hydroxylation is 1. The van der Waals surface area contributed by atoms with Crippen LogP contribution in [0.4, 0.5) is 5.13 Å². The Morgan fingerprint density at radius 3 is 3.06 bits per heavy atom. The number of hydrogen-bond donors (Lipinski definition) is 2. The summed E-state index contributed by atoms with van der Waals surface area (Å²) < 4.78 is 0. The number of anilines is 1. The molecule has 1 fully saturated rings. The van der Waals surface area contributed by atoms with Crippen LogP contribution in [0.5, 0.6) is 0 Å². The fraction of sp³-hybridized carbons (Fsp3) is 0.636. The smallest absolute Gasteiger partial charge is 0.277 e. The first kappa shape index (κ1) is 12.3. The van der Waals surface area contributed by atoms with Crippen LogP contribution in [-0.2, 0) is 0 Å². The van der Waals surface area contributed by atoms with Crippen LogP contribution in [-0.4, -0.2) is 24.0 Å². The van der Waals surface area contributed by atoms with Crippen LogP contribution >= 0.6 is 11.3 Å². The van der Waals surface area contributed by atoms with Gasteiger partial charge in [-0.2, -0.15) is 0 Å². The van der Waals surface area contributed by atoms with E-state index in [1.165, 1.54) is 24.2 Å². The zero-order valence-corrected chi connectivity index (χ0v) is 11.0. The molecule has 94 valence electrons. The summed E-state index contributed by atoms with van der Waals surface area (Å²) in [5, 5.41) is 0.938. The van der Waals surface area contributed by atoms with Crippen LogP contribution in [0, 0.1) is 12.8 Å². The summed E-state index contributed by atoms with van der Waals surface area (Å²) in [5.41, 5.74) is 2.92. The normalized spacial score (nSPS) is 20.4. The number of hydrogen-bond acceptors (Lipinski definition) is 5. The number of piperidine rings is 1. The van der Waals surface area contributed by atoms with Crippen molar-refractivity contribution >= 4 is 22.4 Å². The largest absolute Gasteiger partial charge is 0.348 e. The molecule has 1 amide bonds. The number of carbonyl (C=O) groups excluding carboxylic acids is 1. The monoisotopic (exact) mass is 254 g/mol. The van der Waals surface area contributed by atoms with E-state index in [0.717, 1.165) is 23.9 Å². The minimum absolute atomic E-state index is 0.253. The molecule has 17 heavy (non-hydrogen) atoms. The summed E-state index contributed by atoms with van der Waals surface area (Å²) in [5.74, 6) is 5.59. The zero-order valence-electron chi connectivity index (χ0n) is 10.2. The van der Waals surface area contributed by atoms with Gasteiger partial charge in [-0.05, 0) is 25.7 Å². The summed E-state index contributed by atoms with van der Waals surface area (Å²) in [4.78, 5) is 18.9. The molecule has 1 unspecified atom stereocenters. The van der Waals surface area contributed by atoms with Crippen LogP contribution in [0.15, 0.2) is 0 Å². The van der Waals surface area contributed by atoms with Gasteiger partial charge in [0.05, 0.1) is 5.69 Å². The first-order chi connectivity index (χ1) is 8.11. The molecule has 0 bridgehead atoms. The number of carbonyl (C=O) groups is 1. The number of nitrogens with one attached hydrogen (secondary N) is 1. The van der Waals surface area contributed by atoms with E-state index in [1.54, 1.807) is 0 Å². The quantitative estimate of drug-likeness (QED) is 0.474. The predicted octanol–water partition coefficient (Wildman–Crippen LogP) is 1.29. The maximum Gasteiger partial charge on any atom is 0.277 e. The Hall–Kier alpha value is -1.14. The first-order valence-electron chi connectivity index (χ1n) is 5.85. The number of nitrogens with zero attached hydrogens (tertiary/aromatic N) is 2. The Bertz CT molecular complexity index is 418. The van der Waals surface area contributed by atoms with Crippen molar-refractivity contribution in [1.29, 1.82) is 0 Å². The van der Waals surface area contributed by atoms with Gasteiger partial charge >= 0.3 is 0 Å². The second-order valence-corrected chi connectivity index (χ2v) is 5.56. The Balaban J connectivity index is 2.19. The Kier molecular flexibility index (Phi) is 3.63. The molecule has 0 radical (unpaired) electrons. The number of hydrazine groups is 1. The Morgan fingerprint density at radius 2 is 2.41 bits per heavy atom. The van der Waals surface area contributed by atoms with Crippen LogP contribution in [0.2, 0.25) is 0 Å². The van der Waals surface area contributed by atoms with Gasteiger partial charge < -0.3 is 4.90 Å². The van der Waals surface area contributed by atoms with Crippen molar-refractivity contribution in [2.75, 3.05) is 18.0 Å². The van der Waals surface area contributed by atoms with E-state index >= 15 is 0 Å². The molecule has 0 spiro atoms. The highest BCUT2D eigenvalue weighted by atomic mass is 32.1. The van der Waals surface area contributed by atoms with Crippen LogP contribution in [0.25, 0.3) is 0 Å². The molecule has 3 N–H and O–H groups in total. The highest BCUT2D eigenvalue weighted by molar-refractivity contribution is 7.17. The standard InChI is InChI=1S/C11H18N4OS/c1-7-4-3-5-15(6-7)11-13-8(2)9(17-11)10(16)14-12/h7H,3-6,12H2,1-2H3,(H,14,16). The first-order valence-corrected chi connectivity index (χ1v) is 6.66. The van der Waals surface area contributed by atoms with Crippen molar-refractivity contribution in [1.82, 2.24) is 10.4 Å². The number of nitrogen functional groups attached to an aromatic ring is 1. The maximum atomic E-state index is 11.5. The Labute approximate surface area is 105 Å². The number of nitrogens with two attached hydrogens (primary N) is 1. The third-order valence-electron chi connectivity index (χ3n) is 3.05. The van der Waals surface area contributed by atoms with Gasteiger partial charge in [0.1, 0.15) is 4.88 Å². The molecule has 1 saturated heterocycles. The lowest BCUT2D eigenvalue weighted by Gasteiger charge is -2.30. The summed E-state index contributed by atoms with van der Waals surface area (Å²) in [6, 6.07) is 0. The lowest BCUT2D eigenvalue weighted by atomic mass is 10.0. The predicted molar refractivity (Wildman–Crippen MR) is 69.1 cm³/mol. The number of aromatic nitrogens is 1. The maximum absolute atomic E-state index is 11.5. The molecule has 5 nitrogen and oxygen atoms in total. The van der Waals surface area contributed by atoms with Gasteiger partial charge in [-0.15, -0.1) is 0 Å². The summed E-state index contributed by atoms with van der Waals surface area (Å²) >= 11 is 1.42. The topological polar surface area (TPSA) is 71.2 Å². The van der Waals surface area contributed by atoms with Crippen LogP contribution in [0.1, 0.15) is 35.1 Å². The highest BCUT2D eigenvalue weighted by Crippen LogP contribution is 2.29.